The van der Waals surface area contributed by atoms with Gasteiger partial charge in [0.25, 0.3) is 0 Å². The molecule has 3 rings (SSSR count). The second-order valence-corrected chi connectivity index (χ2v) is 6.39. The summed E-state index contributed by atoms with van der Waals surface area (Å²) in [5, 5.41) is 20.7. The molecule has 0 bridgehead atoms. The Morgan fingerprint density at radius 3 is 1.56 bits per heavy atom. The van der Waals surface area contributed by atoms with Gasteiger partial charge in [-0.1, -0.05) is 91.0 Å². The summed E-state index contributed by atoms with van der Waals surface area (Å²) in [6.45, 7) is -0.0443. The number of rotatable bonds is 7. The van der Waals surface area contributed by atoms with E-state index in [4.69, 9.17) is 0 Å². The molecule has 3 aromatic rings. The van der Waals surface area contributed by atoms with Crippen molar-refractivity contribution < 1.29 is 10.2 Å². The van der Waals surface area contributed by atoms with Gasteiger partial charge in [-0.05, 0) is 29.5 Å². The molecule has 1 atom stereocenters. The van der Waals surface area contributed by atoms with Crippen LogP contribution < -0.4 is 0 Å². The molecule has 0 heterocycles. The lowest BCUT2D eigenvalue weighted by Crippen LogP contribution is -2.43. The number of hydrogen-bond donors (Lipinski definition) is 2. The standard InChI is InChI=1S/C23H24O2/c24-17-16-22(25)23(20-12-6-2-7-13-20,21-14-8-3-9-15-21)18-19-10-4-1-5-11-19/h1-15,22,24-25H,16-18H2. The Hall–Kier alpha value is -2.42. The van der Waals surface area contributed by atoms with E-state index in [-0.39, 0.29) is 6.61 Å². The van der Waals surface area contributed by atoms with Crippen LogP contribution in [0.15, 0.2) is 91.0 Å². The number of hydrogen-bond acceptors (Lipinski definition) is 2. The number of aliphatic hydroxyl groups is 2. The van der Waals surface area contributed by atoms with Crippen LogP contribution in [0.5, 0.6) is 0 Å². The minimum Gasteiger partial charge on any atom is -0.396 e. The Kier molecular flexibility index (Phi) is 5.64. The smallest absolute Gasteiger partial charge is 0.0702 e. The van der Waals surface area contributed by atoms with Crippen molar-refractivity contribution in [1.82, 2.24) is 0 Å². The van der Waals surface area contributed by atoms with Gasteiger partial charge in [-0.15, -0.1) is 0 Å². The van der Waals surface area contributed by atoms with Crippen molar-refractivity contribution >= 4 is 0 Å². The lowest BCUT2D eigenvalue weighted by atomic mass is 9.66. The molecule has 0 fully saturated rings. The van der Waals surface area contributed by atoms with E-state index in [1.165, 1.54) is 0 Å². The molecule has 3 aromatic carbocycles. The predicted molar refractivity (Wildman–Crippen MR) is 102 cm³/mol. The zero-order valence-corrected chi connectivity index (χ0v) is 14.3. The number of benzene rings is 3. The fraction of sp³-hybridized carbons (Fsp3) is 0.217. The monoisotopic (exact) mass is 332 g/mol. The quantitative estimate of drug-likeness (QED) is 0.687. The van der Waals surface area contributed by atoms with Gasteiger partial charge in [0.05, 0.1) is 11.5 Å². The van der Waals surface area contributed by atoms with Crippen LogP contribution in [-0.2, 0) is 11.8 Å². The zero-order valence-electron chi connectivity index (χ0n) is 14.3. The van der Waals surface area contributed by atoms with Gasteiger partial charge in [0.15, 0.2) is 0 Å². The van der Waals surface area contributed by atoms with E-state index >= 15 is 0 Å². The maximum Gasteiger partial charge on any atom is 0.0702 e. The molecule has 0 saturated carbocycles. The average molecular weight is 332 g/mol. The number of aliphatic hydroxyl groups excluding tert-OH is 2. The maximum absolute atomic E-state index is 11.2. The molecule has 2 N–H and O–H groups in total. The molecule has 1 unspecified atom stereocenters. The minimum absolute atomic E-state index is 0.0443. The van der Waals surface area contributed by atoms with Crippen molar-refractivity contribution in [3.8, 4) is 0 Å². The van der Waals surface area contributed by atoms with Gasteiger partial charge in [0, 0.05) is 6.61 Å². The molecule has 25 heavy (non-hydrogen) atoms. The van der Waals surface area contributed by atoms with Crippen LogP contribution in [0.1, 0.15) is 23.1 Å². The first-order chi connectivity index (χ1) is 12.3. The molecule has 0 aliphatic heterocycles. The summed E-state index contributed by atoms with van der Waals surface area (Å²) in [5.74, 6) is 0. The summed E-state index contributed by atoms with van der Waals surface area (Å²) in [7, 11) is 0. The van der Waals surface area contributed by atoms with Crippen LogP contribution in [0.3, 0.4) is 0 Å². The molecular formula is C23H24O2. The van der Waals surface area contributed by atoms with Crippen LogP contribution in [0, 0.1) is 0 Å². The van der Waals surface area contributed by atoms with Crippen LogP contribution in [0.4, 0.5) is 0 Å². The van der Waals surface area contributed by atoms with Crippen LogP contribution >= 0.6 is 0 Å². The first kappa shape index (κ1) is 17.4. The van der Waals surface area contributed by atoms with Crippen molar-refractivity contribution in [2.75, 3.05) is 6.61 Å². The van der Waals surface area contributed by atoms with E-state index in [1.54, 1.807) is 0 Å². The van der Waals surface area contributed by atoms with Crippen LogP contribution in [0.2, 0.25) is 0 Å². The lowest BCUT2D eigenvalue weighted by Gasteiger charge is -2.39. The molecule has 0 saturated heterocycles. The molecule has 2 nitrogen and oxygen atoms in total. The average Bonchev–Trinajstić information content (AvgIpc) is 2.68. The van der Waals surface area contributed by atoms with Gasteiger partial charge < -0.3 is 10.2 Å². The molecule has 2 heteroatoms. The lowest BCUT2D eigenvalue weighted by molar-refractivity contribution is 0.0732. The highest BCUT2D eigenvalue weighted by Crippen LogP contribution is 2.40. The second-order valence-electron chi connectivity index (χ2n) is 6.39. The van der Waals surface area contributed by atoms with E-state index in [0.717, 1.165) is 16.7 Å². The highest BCUT2D eigenvalue weighted by Gasteiger charge is 2.41. The van der Waals surface area contributed by atoms with Gasteiger partial charge in [0.1, 0.15) is 0 Å². The van der Waals surface area contributed by atoms with Crippen molar-refractivity contribution in [3.05, 3.63) is 108 Å². The van der Waals surface area contributed by atoms with E-state index in [1.807, 2.05) is 54.6 Å². The molecule has 0 amide bonds. The van der Waals surface area contributed by atoms with Crippen LogP contribution in [0.25, 0.3) is 0 Å². The molecule has 0 radical (unpaired) electrons. The Bertz CT molecular complexity index is 714. The van der Waals surface area contributed by atoms with Crippen molar-refractivity contribution in [1.29, 1.82) is 0 Å². The summed E-state index contributed by atoms with van der Waals surface area (Å²) in [4.78, 5) is 0. The topological polar surface area (TPSA) is 40.5 Å². The molecule has 0 aromatic heterocycles. The Morgan fingerprint density at radius 2 is 1.12 bits per heavy atom. The summed E-state index contributed by atoms with van der Waals surface area (Å²) in [6.07, 6.45) is 0.308. The fourth-order valence-electron chi connectivity index (χ4n) is 3.63. The first-order valence-electron chi connectivity index (χ1n) is 8.71. The largest absolute Gasteiger partial charge is 0.396 e. The Morgan fingerprint density at radius 1 is 0.680 bits per heavy atom. The third-order valence-electron chi connectivity index (χ3n) is 4.88. The molecular weight excluding hydrogens is 308 g/mol. The minimum atomic E-state index is -0.692. The predicted octanol–water partition coefficient (Wildman–Crippen LogP) is 3.96. The van der Waals surface area contributed by atoms with Crippen molar-refractivity contribution in [2.24, 2.45) is 0 Å². The summed E-state index contributed by atoms with van der Waals surface area (Å²) in [6, 6.07) is 30.5. The highest BCUT2D eigenvalue weighted by atomic mass is 16.3. The van der Waals surface area contributed by atoms with E-state index < -0.39 is 11.5 Å². The molecule has 128 valence electrons. The summed E-state index contributed by atoms with van der Waals surface area (Å²) >= 11 is 0. The third kappa shape index (κ3) is 3.65. The second kappa shape index (κ2) is 8.11. The summed E-state index contributed by atoms with van der Waals surface area (Å²) in [5.41, 5.74) is 2.68. The van der Waals surface area contributed by atoms with Gasteiger partial charge >= 0.3 is 0 Å². The van der Waals surface area contributed by atoms with Gasteiger partial charge in [-0.2, -0.15) is 0 Å². The van der Waals surface area contributed by atoms with Gasteiger partial charge in [-0.3, -0.25) is 0 Å². The Balaban J connectivity index is 2.19. The molecule has 0 spiro atoms. The fourth-order valence-corrected chi connectivity index (χ4v) is 3.63. The zero-order chi connectivity index (χ0) is 17.5. The Labute approximate surface area is 149 Å². The van der Waals surface area contributed by atoms with Crippen LogP contribution in [-0.4, -0.2) is 22.9 Å². The van der Waals surface area contributed by atoms with Crippen molar-refractivity contribution in [2.45, 2.75) is 24.4 Å². The molecule has 0 aliphatic rings. The highest BCUT2D eigenvalue weighted by molar-refractivity contribution is 5.43. The SMILES string of the molecule is OCCC(O)C(Cc1ccccc1)(c1ccccc1)c1ccccc1. The third-order valence-corrected chi connectivity index (χ3v) is 4.88. The van der Waals surface area contributed by atoms with Gasteiger partial charge in [-0.25, -0.2) is 0 Å². The first-order valence-corrected chi connectivity index (χ1v) is 8.71. The normalized spacial score (nSPS) is 12.7. The maximum atomic E-state index is 11.2. The summed E-state index contributed by atoms with van der Waals surface area (Å²) < 4.78 is 0. The van der Waals surface area contributed by atoms with Crippen molar-refractivity contribution in [3.63, 3.8) is 0 Å². The van der Waals surface area contributed by atoms with E-state index in [0.29, 0.717) is 12.8 Å². The molecule has 0 aliphatic carbocycles. The van der Waals surface area contributed by atoms with E-state index in [2.05, 4.69) is 36.4 Å². The van der Waals surface area contributed by atoms with Gasteiger partial charge in [0.2, 0.25) is 0 Å². The van der Waals surface area contributed by atoms with E-state index in [9.17, 15) is 10.2 Å².